The Hall–Kier alpha value is -1.24. The molecule has 2 aliphatic rings. The molecule has 1 atom stereocenters. The van der Waals surface area contributed by atoms with Crippen molar-refractivity contribution >= 4 is 11.3 Å². The van der Waals surface area contributed by atoms with E-state index >= 15 is 0 Å². The monoisotopic (exact) mass is 317 g/mol. The van der Waals surface area contributed by atoms with Crippen molar-refractivity contribution in [3.63, 3.8) is 0 Å². The van der Waals surface area contributed by atoms with Crippen LogP contribution in [-0.4, -0.2) is 38.6 Å². The van der Waals surface area contributed by atoms with Crippen LogP contribution in [0, 0.1) is 5.41 Å². The Labute approximate surface area is 135 Å². The number of nitrogens with one attached hydrogen (secondary N) is 1. The van der Waals surface area contributed by atoms with Crippen molar-refractivity contribution in [3.8, 4) is 0 Å². The average Bonchev–Trinajstić information content (AvgIpc) is 2.90. The highest BCUT2D eigenvalue weighted by atomic mass is 32.1. The first kappa shape index (κ1) is 14.4. The molecule has 1 saturated carbocycles. The molecular formula is C16H23N5S. The molecule has 0 amide bonds. The molecule has 2 aromatic heterocycles. The van der Waals surface area contributed by atoms with E-state index in [-0.39, 0.29) is 0 Å². The Kier molecular flexibility index (Phi) is 3.76. The molecule has 6 heteroatoms. The van der Waals surface area contributed by atoms with Gasteiger partial charge in [-0.15, -0.1) is 11.3 Å². The lowest BCUT2D eigenvalue weighted by Crippen LogP contribution is -2.36. The van der Waals surface area contributed by atoms with Crippen molar-refractivity contribution in [1.82, 2.24) is 24.8 Å². The van der Waals surface area contributed by atoms with Crippen LogP contribution in [0.3, 0.4) is 0 Å². The van der Waals surface area contributed by atoms with Gasteiger partial charge < -0.3 is 9.88 Å². The molecule has 0 unspecified atom stereocenters. The summed E-state index contributed by atoms with van der Waals surface area (Å²) in [5.74, 6) is 0. The molecule has 2 aromatic rings. The number of aromatic nitrogens is 3. The first-order chi connectivity index (χ1) is 10.8. The predicted octanol–water partition coefficient (Wildman–Crippen LogP) is 2.02. The van der Waals surface area contributed by atoms with E-state index in [9.17, 15) is 0 Å². The molecule has 1 saturated heterocycles. The van der Waals surface area contributed by atoms with E-state index in [2.05, 4.69) is 37.2 Å². The number of rotatable bonds is 5. The second-order valence-electron chi connectivity index (χ2n) is 6.66. The third kappa shape index (κ3) is 2.71. The predicted molar refractivity (Wildman–Crippen MR) is 87.5 cm³/mol. The van der Waals surface area contributed by atoms with Crippen LogP contribution in [0.1, 0.15) is 30.0 Å². The van der Waals surface area contributed by atoms with Crippen molar-refractivity contribution in [2.75, 3.05) is 13.1 Å². The molecule has 0 radical (unpaired) electrons. The van der Waals surface area contributed by atoms with Crippen LogP contribution in [0.4, 0.5) is 0 Å². The summed E-state index contributed by atoms with van der Waals surface area (Å²) in [4.78, 5) is 11.4. The Morgan fingerprint density at radius 1 is 1.41 bits per heavy atom. The van der Waals surface area contributed by atoms with Gasteiger partial charge in [-0.25, -0.2) is 9.97 Å². The minimum absolute atomic E-state index is 0.557. The zero-order valence-corrected chi connectivity index (χ0v) is 13.9. The molecular weight excluding hydrogens is 294 g/mol. The van der Waals surface area contributed by atoms with Crippen molar-refractivity contribution in [2.24, 2.45) is 12.5 Å². The molecule has 1 aliphatic heterocycles. The van der Waals surface area contributed by atoms with Gasteiger partial charge in [-0.3, -0.25) is 4.90 Å². The van der Waals surface area contributed by atoms with Crippen molar-refractivity contribution in [2.45, 2.75) is 38.4 Å². The number of aryl methyl sites for hydroxylation is 1. The Morgan fingerprint density at radius 3 is 2.95 bits per heavy atom. The van der Waals surface area contributed by atoms with Crippen LogP contribution in [-0.2, 0) is 20.1 Å². The minimum atomic E-state index is 0.557. The molecule has 22 heavy (non-hydrogen) atoms. The Morgan fingerprint density at radius 2 is 2.27 bits per heavy atom. The standard InChI is InChI=1S/C16H23N5S/c1-20-12-18-9-13(20)10-21(11-15-19-6-7-22-15)14-8-16(14)2-4-17-5-3-16/h6-7,9,12,14,17H,2-5,8,10-11H2,1H3/t14-/m1/s1. The first-order valence-corrected chi connectivity index (χ1v) is 8.93. The van der Waals surface area contributed by atoms with Gasteiger partial charge in [0.1, 0.15) is 5.01 Å². The van der Waals surface area contributed by atoms with Gasteiger partial charge in [0.25, 0.3) is 0 Å². The summed E-state index contributed by atoms with van der Waals surface area (Å²) in [5.41, 5.74) is 1.84. The SMILES string of the molecule is Cn1cncc1CN(Cc1nccs1)[C@@H]1CC12CCNCC2. The highest BCUT2D eigenvalue weighted by Gasteiger charge is 2.56. The van der Waals surface area contributed by atoms with Gasteiger partial charge in [0, 0.05) is 37.4 Å². The molecule has 1 spiro atoms. The Bertz CT molecular complexity index is 614. The van der Waals surface area contributed by atoms with Gasteiger partial charge in [0.2, 0.25) is 0 Å². The quantitative estimate of drug-likeness (QED) is 0.916. The fourth-order valence-corrected chi connectivity index (χ4v) is 4.47. The maximum absolute atomic E-state index is 4.49. The average molecular weight is 317 g/mol. The molecule has 0 aromatic carbocycles. The molecule has 2 fully saturated rings. The second-order valence-corrected chi connectivity index (χ2v) is 7.64. The van der Waals surface area contributed by atoms with Crippen LogP contribution in [0.2, 0.25) is 0 Å². The number of nitrogens with zero attached hydrogens (tertiary/aromatic N) is 4. The fraction of sp³-hybridized carbons (Fsp3) is 0.625. The lowest BCUT2D eigenvalue weighted by Gasteiger charge is -2.29. The number of hydrogen-bond acceptors (Lipinski definition) is 5. The summed E-state index contributed by atoms with van der Waals surface area (Å²) in [7, 11) is 2.08. The minimum Gasteiger partial charge on any atom is -0.337 e. The zero-order chi connectivity index (χ0) is 15.0. The summed E-state index contributed by atoms with van der Waals surface area (Å²) in [6.45, 7) is 4.28. The smallest absolute Gasteiger partial charge is 0.107 e. The number of imidazole rings is 1. The number of piperidine rings is 1. The van der Waals surface area contributed by atoms with Crippen molar-refractivity contribution in [3.05, 3.63) is 34.8 Å². The van der Waals surface area contributed by atoms with Gasteiger partial charge in [-0.05, 0) is 37.8 Å². The largest absolute Gasteiger partial charge is 0.337 e. The molecule has 4 rings (SSSR count). The van der Waals surface area contributed by atoms with Crippen LogP contribution in [0.5, 0.6) is 0 Å². The third-order valence-corrected chi connectivity index (χ3v) is 6.05. The Balaban J connectivity index is 1.52. The van der Waals surface area contributed by atoms with Crippen molar-refractivity contribution < 1.29 is 0 Å². The molecule has 0 bridgehead atoms. The van der Waals surface area contributed by atoms with E-state index in [1.807, 2.05) is 18.7 Å². The second kappa shape index (κ2) is 5.76. The maximum Gasteiger partial charge on any atom is 0.107 e. The van der Waals surface area contributed by atoms with Crippen LogP contribution in [0.15, 0.2) is 24.1 Å². The third-order valence-electron chi connectivity index (χ3n) is 5.29. The first-order valence-electron chi connectivity index (χ1n) is 8.05. The normalized spacial score (nSPS) is 23.3. The van der Waals surface area contributed by atoms with Crippen LogP contribution >= 0.6 is 11.3 Å². The molecule has 3 heterocycles. The van der Waals surface area contributed by atoms with E-state index in [4.69, 9.17) is 0 Å². The van der Waals surface area contributed by atoms with Crippen molar-refractivity contribution in [1.29, 1.82) is 0 Å². The summed E-state index contributed by atoms with van der Waals surface area (Å²) < 4.78 is 2.13. The van der Waals surface area contributed by atoms with Gasteiger partial charge in [-0.2, -0.15) is 0 Å². The van der Waals surface area contributed by atoms with E-state index < -0.39 is 0 Å². The molecule has 1 aliphatic carbocycles. The highest BCUT2D eigenvalue weighted by Crippen LogP contribution is 2.56. The van der Waals surface area contributed by atoms with Gasteiger partial charge in [0.15, 0.2) is 0 Å². The van der Waals surface area contributed by atoms with Gasteiger partial charge in [-0.1, -0.05) is 0 Å². The fourth-order valence-electron chi connectivity index (χ4n) is 3.83. The lowest BCUT2D eigenvalue weighted by molar-refractivity contribution is 0.184. The van der Waals surface area contributed by atoms with Gasteiger partial charge >= 0.3 is 0 Å². The topological polar surface area (TPSA) is 46.0 Å². The van der Waals surface area contributed by atoms with E-state index in [0.29, 0.717) is 11.5 Å². The summed E-state index contributed by atoms with van der Waals surface area (Å²) in [6, 6.07) is 0.702. The molecule has 5 nitrogen and oxygen atoms in total. The van der Waals surface area contributed by atoms with E-state index in [1.54, 1.807) is 11.3 Å². The van der Waals surface area contributed by atoms with E-state index in [0.717, 1.165) is 13.1 Å². The van der Waals surface area contributed by atoms with Crippen LogP contribution < -0.4 is 5.32 Å². The summed E-state index contributed by atoms with van der Waals surface area (Å²) in [5, 5.41) is 6.79. The number of thiazole rings is 1. The maximum atomic E-state index is 4.49. The van der Waals surface area contributed by atoms with E-state index in [1.165, 1.54) is 43.1 Å². The summed E-state index contributed by atoms with van der Waals surface area (Å²) >= 11 is 1.76. The molecule has 1 N–H and O–H groups in total. The molecule has 118 valence electrons. The number of hydrogen-bond donors (Lipinski definition) is 1. The highest BCUT2D eigenvalue weighted by molar-refractivity contribution is 7.09. The van der Waals surface area contributed by atoms with Gasteiger partial charge in [0.05, 0.1) is 18.6 Å². The summed E-state index contributed by atoms with van der Waals surface area (Å²) in [6.07, 6.45) is 9.78. The lowest BCUT2D eigenvalue weighted by atomic mass is 9.93. The van der Waals surface area contributed by atoms with Crippen LogP contribution in [0.25, 0.3) is 0 Å². The zero-order valence-electron chi connectivity index (χ0n) is 13.0.